The molecular formula is C17H17NO4. The molecular weight excluding hydrogens is 282 g/mol. The molecule has 0 radical (unpaired) electrons. The summed E-state index contributed by atoms with van der Waals surface area (Å²) in [5.41, 5.74) is 0. The Morgan fingerprint density at radius 3 is 2.68 bits per heavy atom. The van der Waals surface area contributed by atoms with Crippen LogP contribution >= 0.6 is 0 Å². The zero-order valence-corrected chi connectivity index (χ0v) is 12.1. The van der Waals surface area contributed by atoms with E-state index >= 15 is 0 Å². The van der Waals surface area contributed by atoms with Crippen molar-refractivity contribution in [2.45, 2.75) is 31.5 Å². The first kappa shape index (κ1) is 13.2. The Hall–Kier alpha value is -2.43. The summed E-state index contributed by atoms with van der Waals surface area (Å²) >= 11 is 0. The van der Waals surface area contributed by atoms with Gasteiger partial charge in [0.15, 0.2) is 11.5 Å². The van der Waals surface area contributed by atoms with Crippen LogP contribution in [0.1, 0.15) is 18.6 Å². The van der Waals surface area contributed by atoms with Gasteiger partial charge >= 0.3 is 0 Å². The molecule has 22 heavy (non-hydrogen) atoms. The molecule has 2 aliphatic rings. The fraction of sp³-hybridized carbons (Fsp3) is 0.353. The molecule has 1 fully saturated rings. The average molecular weight is 299 g/mol. The first-order chi connectivity index (χ1) is 10.8. The van der Waals surface area contributed by atoms with Crippen LogP contribution in [0.25, 0.3) is 0 Å². The maximum atomic E-state index is 12.8. The zero-order chi connectivity index (χ0) is 14.9. The van der Waals surface area contributed by atoms with E-state index in [2.05, 4.69) is 0 Å². The predicted octanol–water partition coefficient (Wildman–Crippen LogP) is 2.61. The molecule has 1 amide bonds. The van der Waals surface area contributed by atoms with Crippen molar-refractivity contribution in [2.24, 2.45) is 0 Å². The molecule has 0 N–H and O–H groups in total. The van der Waals surface area contributed by atoms with Gasteiger partial charge in [0, 0.05) is 6.04 Å². The van der Waals surface area contributed by atoms with Crippen molar-refractivity contribution in [3.63, 3.8) is 0 Å². The number of ether oxygens (including phenoxy) is 2. The zero-order valence-electron chi connectivity index (χ0n) is 12.1. The van der Waals surface area contributed by atoms with Crippen LogP contribution in [0.4, 0.5) is 0 Å². The Bertz CT molecular complexity index is 663. The van der Waals surface area contributed by atoms with Crippen LogP contribution < -0.4 is 9.47 Å². The minimum absolute atomic E-state index is 0.0339. The molecule has 1 unspecified atom stereocenters. The molecule has 114 valence electrons. The average Bonchev–Trinajstić information content (AvgIpc) is 3.27. The van der Waals surface area contributed by atoms with Crippen molar-refractivity contribution < 1.29 is 18.7 Å². The lowest BCUT2D eigenvalue weighted by Gasteiger charge is -2.30. The van der Waals surface area contributed by atoms with Crippen molar-refractivity contribution in [3.8, 4) is 11.5 Å². The normalized spacial score (nSPS) is 19.7. The van der Waals surface area contributed by atoms with Gasteiger partial charge < -0.3 is 18.8 Å². The van der Waals surface area contributed by atoms with E-state index in [4.69, 9.17) is 13.9 Å². The van der Waals surface area contributed by atoms with Gasteiger partial charge in [0.05, 0.1) is 12.8 Å². The molecule has 4 rings (SSSR count). The van der Waals surface area contributed by atoms with Crippen LogP contribution in [0.2, 0.25) is 0 Å². The quantitative estimate of drug-likeness (QED) is 0.871. The number of rotatable bonds is 4. The summed E-state index contributed by atoms with van der Waals surface area (Å²) in [6, 6.07) is 11.4. The van der Waals surface area contributed by atoms with Gasteiger partial charge in [-0.15, -0.1) is 0 Å². The summed E-state index contributed by atoms with van der Waals surface area (Å²) in [6.07, 6.45) is 3.11. The lowest BCUT2D eigenvalue weighted by molar-refractivity contribution is -0.142. The number of benzene rings is 1. The van der Waals surface area contributed by atoms with E-state index < -0.39 is 6.10 Å². The van der Waals surface area contributed by atoms with Crippen LogP contribution in [0.5, 0.6) is 11.5 Å². The largest absolute Gasteiger partial charge is 0.485 e. The minimum Gasteiger partial charge on any atom is -0.485 e. The third kappa shape index (κ3) is 2.54. The number of fused-ring (bicyclic) bond motifs is 1. The summed E-state index contributed by atoms with van der Waals surface area (Å²) in [5, 5.41) is 0. The molecule has 1 aliphatic heterocycles. The molecule has 5 nitrogen and oxygen atoms in total. The van der Waals surface area contributed by atoms with Crippen molar-refractivity contribution in [1.82, 2.24) is 4.90 Å². The van der Waals surface area contributed by atoms with Gasteiger partial charge in [-0.3, -0.25) is 4.79 Å². The van der Waals surface area contributed by atoms with Crippen molar-refractivity contribution in [1.29, 1.82) is 0 Å². The minimum atomic E-state index is -0.592. The summed E-state index contributed by atoms with van der Waals surface area (Å²) in [6.45, 7) is 0.731. The van der Waals surface area contributed by atoms with Gasteiger partial charge in [-0.2, -0.15) is 0 Å². The number of nitrogens with zero attached hydrogens (tertiary/aromatic N) is 1. The molecule has 0 bridgehead atoms. The standard InChI is InChI=1S/C17H17NO4/c19-17(16-11-21-14-5-1-2-6-15(14)22-16)18(12-7-8-12)10-13-4-3-9-20-13/h1-6,9,12,16H,7-8,10-11H2. The third-order valence-electron chi connectivity index (χ3n) is 3.96. The van der Waals surface area contributed by atoms with Gasteiger partial charge in [-0.25, -0.2) is 0 Å². The molecule has 1 aliphatic carbocycles. The number of furan rings is 1. The van der Waals surface area contributed by atoms with Crippen LogP contribution in [0, 0.1) is 0 Å². The highest BCUT2D eigenvalue weighted by Crippen LogP contribution is 2.34. The molecule has 1 atom stereocenters. The van der Waals surface area contributed by atoms with Crippen molar-refractivity contribution in [2.75, 3.05) is 6.61 Å². The topological polar surface area (TPSA) is 51.9 Å². The van der Waals surface area contributed by atoms with E-state index in [0.29, 0.717) is 24.1 Å². The Kier molecular flexibility index (Phi) is 3.25. The van der Waals surface area contributed by atoms with Crippen molar-refractivity contribution in [3.05, 3.63) is 48.4 Å². The number of amides is 1. The van der Waals surface area contributed by atoms with E-state index in [1.807, 2.05) is 41.3 Å². The van der Waals surface area contributed by atoms with Gasteiger partial charge in [0.1, 0.15) is 12.4 Å². The highest BCUT2D eigenvalue weighted by Gasteiger charge is 2.39. The molecule has 2 heterocycles. The Morgan fingerprint density at radius 2 is 1.95 bits per heavy atom. The summed E-state index contributed by atoms with van der Waals surface area (Å²) in [4.78, 5) is 14.6. The third-order valence-corrected chi connectivity index (χ3v) is 3.96. The number of hydrogen-bond acceptors (Lipinski definition) is 4. The summed E-state index contributed by atoms with van der Waals surface area (Å²) < 4.78 is 16.8. The highest BCUT2D eigenvalue weighted by atomic mass is 16.6. The second kappa shape index (κ2) is 5.40. The SMILES string of the molecule is O=C(C1COc2ccccc2O1)N(Cc1ccco1)C1CC1. The highest BCUT2D eigenvalue weighted by molar-refractivity contribution is 5.82. The number of para-hydroxylation sites is 2. The predicted molar refractivity (Wildman–Crippen MR) is 78.6 cm³/mol. The van der Waals surface area contributed by atoms with Crippen LogP contribution in [0.15, 0.2) is 47.1 Å². The van der Waals surface area contributed by atoms with Gasteiger partial charge in [-0.1, -0.05) is 12.1 Å². The van der Waals surface area contributed by atoms with E-state index in [-0.39, 0.29) is 12.5 Å². The molecule has 1 aromatic heterocycles. The van der Waals surface area contributed by atoms with E-state index in [9.17, 15) is 4.79 Å². The lowest BCUT2D eigenvalue weighted by Crippen LogP contribution is -2.47. The van der Waals surface area contributed by atoms with E-state index in [0.717, 1.165) is 18.6 Å². The monoisotopic (exact) mass is 299 g/mol. The number of carbonyl (C=O) groups is 1. The number of hydrogen-bond donors (Lipinski definition) is 0. The molecule has 1 saturated carbocycles. The summed E-state index contributed by atoms with van der Waals surface area (Å²) in [7, 11) is 0. The molecule has 5 heteroatoms. The Labute approximate surface area is 128 Å². The van der Waals surface area contributed by atoms with Gasteiger partial charge in [0.25, 0.3) is 5.91 Å². The van der Waals surface area contributed by atoms with Gasteiger partial charge in [0.2, 0.25) is 6.10 Å². The van der Waals surface area contributed by atoms with Crippen LogP contribution in [-0.2, 0) is 11.3 Å². The second-order valence-corrected chi connectivity index (χ2v) is 5.64. The number of carbonyl (C=O) groups excluding carboxylic acids is 1. The fourth-order valence-electron chi connectivity index (χ4n) is 2.67. The second-order valence-electron chi connectivity index (χ2n) is 5.64. The molecule has 1 aromatic carbocycles. The first-order valence-corrected chi connectivity index (χ1v) is 7.52. The van der Waals surface area contributed by atoms with Gasteiger partial charge in [-0.05, 0) is 37.1 Å². The lowest BCUT2D eigenvalue weighted by atomic mass is 10.2. The Balaban J connectivity index is 1.50. The molecule has 2 aromatic rings. The van der Waals surface area contributed by atoms with E-state index in [1.165, 1.54) is 0 Å². The van der Waals surface area contributed by atoms with E-state index in [1.54, 1.807) is 6.26 Å². The first-order valence-electron chi connectivity index (χ1n) is 7.52. The van der Waals surface area contributed by atoms with Crippen molar-refractivity contribution >= 4 is 5.91 Å². The maximum absolute atomic E-state index is 12.8. The smallest absolute Gasteiger partial charge is 0.267 e. The summed E-state index contributed by atoms with van der Waals surface area (Å²) in [5.74, 6) is 2.07. The fourth-order valence-corrected chi connectivity index (χ4v) is 2.67. The Morgan fingerprint density at radius 1 is 1.14 bits per heavy atom. The molecule has 0 spiro atoms. The van der Waals surface area contributed by atoms with Crippen LogP contribution in [0.3, 0.4) is 0 Å². The van der Waals surface area contributed by atoms with Crippen LogP contribution in [-0.4, -0.2) is 29.6 Å². The maximum Gasteiger partial charge on any atom is 0.267 e. The molecule has 0 saturated heterocycles.